The average molecular weight is 404 g/mol. The number of amides is 1. The van der Waals surface area contributed by atoms with Crippen molar-refractivity contribution in [3.8, 4) is 6.07 Å². The number of hydrogen-bond acceptors (Lipinski definition) is 6. The molecule has 2 heterocycles. The van der Waals surface area contributed by atoms with E-state index in [1.54, 1.807) is 34.7 Å². The molecule has 3 aromatic rings. The second-order valence-corrected chi connectivity index (χ2v) is 8.02. The van der Waals surface area contributed by atoms with E-state index < -0.39 is 6.04 Å². The number of Topliss-reactive ketones (excluding diaryl/α,β-unsaturated/α-hetero) is 1. The van der Waals surface area contributed by atoms with Gasteiger partial charge in [-0.2, -0.15) is 5.26 Å². The van der Waals surface area contributed by atoms with Gasteiger partial charge in [0.05, 0.1) is 21.8 Å². The molecule has 0 N–H and O–H groups in total. The molecule has 1 saturated heterocycles. The summed E-state index contributed by atoms with van der Waals surface area (Å²) in [7, 11) is 0. The standard InChI is InChI=1S/C22H20N4O2S/c1-15-13-25(22(28)16-5-3-2-4-6-16)9-10-26(15)19(12-23)21(27)17-7-8-20-18(11-17)24-14-29-20/h2-8,11,14-15,19H,9-10,13H2,1H3/t15?,19-/m1/s1. The van der Waals surface area contributed by atoms with Gasteiger partial charge in [-0.05, 0) is 37.3 Å². The Morgan fingerprint density at radius 1 is 1.17 bits per heavy atom. The first-order chi connectivity index (χ1) is 14.1. The minimum atomic E-state index is -0.880. The Morgan fingerprint density at radius 3 is 2.69 bits per heavy atom. The van der Waals surface area contributed by atoms with Crippen molar-refractivity contribution in [2.24, 2.45) is 0 Å². The van der Waals surface area contributed by atoms with Crippen LogP contribution in [0.2, 0.25) is 0 Å². The summed E-state index contributed by atoms with van der Waals surface area (Å²) >= 11 is 1.52. The van der Waals surface area contributed by atoms with E-state index in [1.807, 2.05) is 36.1 Å². The van der Waals surface area contributed by atoms with E-state index in [-0.39, 0.29) is 17.7 Å². The van der Waals surface area contributed by atoms with Gasteiger partial charge in [0.1, 0.15) is 0 Å². The number of piperazine rings is 1. The van der Waals surface area contributed by atoms with Crippen LogP contribution in [0.4, 0.5) is 0 Å². The van der Waals surface area contributed by atoms with Crippen LogP contribution in [-0.2, 0) is 0 Å². The summed E-state index contributed by atoms with van der Waals surface area (Å²) in [5.41, 5.74) is 3.65. The third kappa shape index (κ3) is 3.77. The molecule has 146 valence electrons. The molecule has 4 rings (SSSR count). The fraction of sp³-hybridized carbons (Fsp3) is 0.273. The fourth-order valence-corrected chi connectivity index (χ4v) is 4.41. The van der Waals surface area contributed by atoms with Gasteiger partial charge in [0.15, 0.2) is 11.8 Å². The highest BCUT2D eigenvalue weighted by Crippen LogP contribution is 2.22. The van der Waals surface area contributed by atoms with Crippen molar-refractivity contribution in [2.45, 2.75) is 19.0 Å². The lowest BCUT2D eigenvalue weighted by Gasteiger charge is -2.41. The van der Waals surface area contributed by atoms with Crippen LogP contribution in [0.1, 0.15) is 27.6 Å². The number of carbonyl (C=O) groups is 2. The lowest BCUT2D eigenvalue weighted by atomic mass is 10.0. The Bertz CT molecular complexity index is 1090. The molecule has 2 aromatic carbocycles. The quantitative estimate of drug-likeness (QED) is 0.624. The molecule has 7 heteroatoms. The SMILES string of the molecule is CC1CN(C(=O)c2ccccc2)CCN1[C@H](C#N)C(=O)c1ccc2scnc2c1. The largest absolute Gasteiger partial charge is 0.336 e. The number of ketones is 1. The summed E-state index contributed by atoms with van der Waals surface area (Å²) in [6.45, 7) is 3.38. The predicted molar refractivity (Wildman–Crippen MR) is 112 cm³/mol. The fourth-order valence-electron chi connectivity index (χ4n) is 3.76. The number of hydrogen-bond donors (Lipinski definition) is 0. The maximum absolute atomic E-state index is 13.1. The molecule has 6 nitrogen and oxygen atoms in total. The van der Waals surface area contributed by atoms with Crippen molar-refractivity contribution in [2.75, 3.05) is 19.6 Å². The zero-order valence-corrected chi connectivity index (χ0v) is 16.8. The molecule has 2 atom stereocenters. The number of nitrogens with zero attached hydrogens (tertiary/aromatic N) is 4. The number of aromatic nitrogens is 1. The van der Waals surface area contributed by atoms with Crippen molar-refractivity contribution in [1.29, 1.82) is 5.26 Å². The normalized spacial score (nSPS) is 18.3. The molecule has 0 radical (unpaired) electrons. The topological polar surface area (TPSA) is 77.3 Å². The minimum absolute atomic E-state index is 0.0223. The molecule has 1 aromatic heterocycles. The molecule has 1 amide bonds. The van der Waals surface area contributed by atoms with Crippen molar-refractivity contribution in [1.82, 2.24) is 14.8 Å². The lowest BCUT2D eigenvalue weighted by Crippen LogP contribution is -2.58. The summed E-state index contributed by atoms with van der Waals surface area (Å²) in [5.74, 6) is -0.247. The van der Waals surface area contributed by atoms with Gasteiger partial charge in [-0.15, -0.1) is 11.3 Å². The average Bonchev–Trinajstić information content (AvgIpc) is 3.23. The number of carbonyl (C=O) groups excluding carboxylic acids is 2. The van der Waals surface area contributed by atoms with Gasteiger partial charge in [-0.25, -0.2) is 4.98 Å². The van der Waals surface area contributed by atoms with Gasteiger partial charge >= 0.3 is 0 Å². The second kappa shape index (κ2) is 8.11. The number of rotatable bonds is 4. The maximum Gasteiger partial charge on any atom is 0.253 e. The molecule has 1 fully saturated rings. The van der Waals surface area contributed by atoms with E-state index in [1.165, 1.54) is 11.3 Å². The van der Waals surface area contributed by atoms with Crippen LogP contribution in [0, 0.1) is 11.3 Å². The van der Waals surface area contributed by atoms with E-state index in [0.717, 1.165) is 10.2 Å². The van der Waals surface area contributed by atoms with Crippen LogP contribution >= 0.6 is 11.3 Å². The van der Waals surface area contributed by atoms with Crippen molar-refractivity contribution in [3.05, 3.63) is 65.2 Å². The zero-order valence-electron chi connectivity index (χ0n) is 16.0. The van der Waals surface area contributed by atoms with Crippen LogP contribution in [0.5, 0.6) is 0 Å². The maximum atomic E-state index is 13.1. The van der Waals surface area contributed by atoms with Crippen molar-refractivity contribution >= 4 is 33.2 Å². The first-order valence-electron chi connectivity index (χ1n) is 9.45. The van der Waals surface area contributed by atoms with Crippen LogP contribution in [-0.4, -0.2) is 58.2 Å². The molecule has 1 unspecified atom stereocenters. The van der Waals surface area contributed by atoms with Crippen LogP contribution in [0.15, 0.2) is 54.0 Å². The first-order valence-corrected chi connectivity index (χ1v) is 10.3. The summed E-state index contributed by atoms with van der Waals surface area (Å²) in [5, 5.41) is 9.75. The zero-order chi connectivity index (χ0) is 20.4. The molecular formula is C22H20N4O2S. The van der Waals surface area contributed by atoms with Crippen LogP contribution < -0.4 is 0 Å². The lowest BCUT2D eigenvalue weighted by molar-refractivity contribution is 0.0429. The molecule has 1 aliphatic rings. The number of benzene rings is 2. The summed E-state index contributed by atoms with van der Waals surface area (Å²) in [6.07, 6.45) is 0. The summed E-state index contributed by atoms with van der Waals surface area (Å²) in [4.78, 5) is 33.7. The van der Waals surface area contributed by atoms with Gasteiger partial charge in [-0.1, -0.05) is 18.2 Å². The van der Waals surface area contributed by atoms with Crippen LogP contribution in [0.25, 0.3) is 10.2 Å². The molecule has 0 bridgehead atoms. The first kappa shape index (κ1) is 19.2. The van der Waals surface area contributed by atoms with E-state index in [4.69, 9.17) is 0 Å². The molecule has 29 heavy (non-hydrogen) atoms. The third-order valence-electron chi connectivity index (χ3n) is 5.30. The smallest absolute Gasteiger partial charge is 0.253 e. The number of fused-ring (bicyclic) bond motifs is 1. The summed E-state index contributed by atoms with van der Waals surface area (Å²) < 4.78 is 1.01. The van der Waals surface area contributed by atoms with E-state index in [2.05, 4.69) is 11.1 Å². The van der Waals surface area contributed by atoms with Gasteiger partial charge in [-0.3, -0.25) is 14.5 Å². The Hall–Kier alpha value is -3.08. The Labute approximate surface area is 173 Å². The van der Waals surface area contributed by atoms with Crippen molar-refractivity contribution < 1.29 is 9.59 Å². The monoisotopic (exact) mass is 404 g/mol. The molecule has 1 aliphatic heterocycles. The molecule has 0 aliphatic carbocycles. The molecule has 0 saturated carbocycles. The predicted octanol–water partition coefficient (Wildman–Crippen LogP) is 3.22. The van der Waals surface area contributed by atoms with E-state index >= 15 is 0 Å². The third-order valence-corrected chi connectivity index (χ3v) is 6.11. The molecular weight excluding hydrogens is 384 g/mol. The number of nitriles is 1. The van der Waals surface area contributed by atoms with Crippen molar-refractivity contribution in [3.63, 3.8) is 0 Å². The highest BCUT2D eigenvalue weighted by Gasteiger charge is 2.35. The highest BCUT2D eigenvalue weighted by molar-refractivity contribution is 7.16. The van der Waals surface area contributed by atoms with Gasteiger partial charge < -0.3 is 4.90 Å². The van der Waals surface area contributed by atoms with E-state index in [0.29, 0.717) is 30.8 Å². The Kier molecular flexibility index (Phi) is 5.38. The van der Waals surface area contributed by atoms with Crippen LogP contribution in [0.3, 0.4) is 0 Å². The van der Waals surface area contributed by atoms with Gasteiger partial charge in [0.2, 0.25) is 0 Å². The second-order valence-electron chi connectivity index (χ2n) is 7.13. The Morgan fingerprint density at radius 2 is 1.97 bits per heavy atom. The van der Waals surface area contributed by atoms with E-state index in [9.17, 15) is 14.9 Å². The Balaban J connectivity index is 1.49. The van der Waals surface area contributed by atoms with Gasteiger partial charge in [0.25, 0.3) is 5.91 Å². The van der Waals surface area contributed by atoms with Gasteiger partial charge in [0, 0.05) is 36.8 Å². The minimum Gasteiger partial charge on any atom is -0.336 e. The summed E-state index contributed by atoms with van der Waals surface area (Å²) in [6, 6.07) is 15.7. The molecule has 0 spiro atoms. The number of thiazole rings is 1. The highest BCUT2D eigenvalue weighted by atomic mass is 32.1.